The molecule has 0 aliphatic heterocycles. The molecule has 0 amide bonds. The maximum Gasteiger partial charge on any atom is 0.0700 e. The number of nitriles is 1. The summed E-state index contributed by atoms with van der Waals surface area (Å²) in [5.41, 5.74) is 8.30. The summed E-state index contributed by atoms with van der Waals surface area (Å²) in [4.78, 5) is 0. The molecule has 1 rings (SSSR count). The molecule has 0 aliphatic rings. The molecule has 5 heteroatoms. The van der Waals surface area contributed by atoms with Crippen LogP contribution in [0.2, 0.25) is 0 Å². The topological polar surface area (TPSA) is 80.3 Å². The maximum atomic E-state index is 8.70. The first-order chi connectivity index (χ1) is 9.27. The fourth-order valence-corrected chi connectivity index (χ4v) is 1.61. The number of hydrogen-bond donors (Lipinski definition) is 2. The highest BCUT2D eigenvalue weighted by atomic mass is 16.5. The number of nitrogens with one attached hydrogen (secondary N) is 1. The summed E-state index contributed by atoms with van der Waals surface area (Å²) in [6.07, 6.45) is 1.25. The van der Waals surface area contributed by atoms with E-state index in [1.54, 1.807) is 7.11 Å². The van der Waals surface area contributed by atoms with Gasteiger partial charge >= 0.3 is 0 Å². The number of rotatable bonds is 9. The average molecular weight is 263 g/mol. The zero-order chi connectivity index (χ0) is 13.9. The van der Waals surface area contributed by atoms with Crippen LogP contribution in [0, 0.1) is 11.3 Å². The van der Waals surface area contributed by atoms with Crippen molar-refractivity contribution in [3.8, 4) is 6.07 Å². The van der Waals surface area contributed by atoms with Crippen LogP contribution in [0.15, 0.2) is 18.2 Å². The molecule has 0 aliphatic carbocycles. The Morgan fingerprint density at radius 2 is 2.16 bits per heavy atom. The highest BCUT2D eigenvalue weighted by molar-refractivity contribution is 5.57. The van der Waals surface area contributed by atoms with Gasteiger partial charge in [0.05, 0.1) is 25.7 Å². The van der Waals surface area contributed by atoms with Crippen LogP contribution in [-0.2, 0) is 15.9 Å². The highest BCUT2D eigenvalue weighted by Crippen LogP contribution is 2.18. The van der Waals surface area contributed by atoms with Gasteiger partial charge in [0, 0.05) is 31.6 Å². The predicted octanol–water partition coefficient (Wildman–Crippen LogP) is 1.80. The zero-order valence-electron chi connectivity index (χ0n) is 11.3. The lowest BCUT2D eigenvalue weighted by atomic mass is 10.1. The molecular weight excluding hydrogens is 242 g/mol. The third kappa shape index (κ3) is 6.09. The Labute approximate surface area is 114 Å². The molecule has 104 valence electrons. The Morgan fingerprint density at radius 1 is 1.32 bits per heavy atom. The molecule has 0 bridgehead atoms. The van der Waals surface area contributed by atoms with Crippen LogP contribution in [0.4, 0.5) is 11.4 Å². The Morgan fingerprint density at radius 3 is 2.89 bits per heavy atom. The van der Waals surface area contributed by atoms with Gasteiger partial charge in [0.15, 0.2) is 0 Å². The van der Waals surface area contributed by atoms with Gasteiger partial charge in [-0.2, -0.15) is 5.26 Å². The molecule has 0 unspecified atom stereocenters. The van der Waals surface area contributed by atoms with E-state index >= 15 is 0 Å². The summed E-state index contributed by atoms with van der Waals surface area (Å²) in [6, 6.07) is 7.77. The molecule has 19 heavy (non-hydrogen) atoms. The fourth-order valence-electron chi connectivity index (χ4n) is 1.61. The van der Waals surface area contributed by atoms with Crippen LogP contribution >= 0.6 is 0 Å². The van der Waals surface area contributed by atoms with E-state index < -0.39 is 0 Å². The quantitative estimate of drug-likeness (QED) is 0.524. The van der Waals surface area contributed by atoms with Crippen molar-refractivity contribution in [2.75, 3.05) is 44.5 Å². The van der Waals surface area contributed by atoms with Crippen molar-refractivity contribution < 1.29 is 9.47 Å². The number of nitrogen functional groups attached to an aromatic ring is 1. The van der Waals surface area contributed by atoms with E-state index in [0.29, 0.717) is 31.9 Å². The minimum Gasteiger partial charge on any atom is -0.398 e. The van der Waals surface area contributed by atoms with E-state index in [1.807, 2.05) is 18.2 Å². The van der Waals surface area contributed by atoms with Crippen LogP contribution in [-0.4, -0.2) is 33.5 Å². The Kier molecular flexibility index (Phi) is 7.40. The van der Waals surface area contributed by atoms with Crippen molar-refractivity contribution >= 4 is 11.4 Å². The van der Waals surface area contributed by atoms with E-state index in [-0.39, 0.29) is 0 Å². The minimum absolute atomic E-state index is 0.335. The van der Waals surface area contributed by atoms with Crippen LogP contribution in [0.5, 0.6) is 0 Å². The second kappa shape index (κ2) is 9.20. The molecule has 0 saturated heterocycles. The van der Waals surface area contributed by atoms with Gasteiger partial charge in [-0.15, -0.1) is 0 Å². The van der Waals surface area contributed by atoms with Crippen LogP contribution < -0.4 is 11.1 Å². The molecule has 0 radical (unpaired) electrons. The Bertz CT molecular complexity index is 416. The maximum absolute atomic E-state index is 8.70. The molecule has 0 saturated carbocycles. The lowest BCUT2D eigenvalue weighted by Gasteiger charge is -2.09. The van der Waals surface area contributed by atoms with Crippen molar-refractivity contribution in [3.05, 3.63) is 23.8 Å². The summed E-state index contributed by atoms with van der Waals surface area (Å²) < 4.78 is 10.3. The molecule has 0 atom stereocenters. The van der Waals surface area contributed by atoms with Gasteiger partial charge in [0.25, 0.3) is 0 Å². The first-order valence-corrected chi connectivity index (χ1v) is 6.34. The van der Waals surface area contributed by atoms with E-state index in [4.69, 9.17) is 20.5 Å². The van der Waals surface area contributed by atoms with E-state index in [0.717, 1.165) is 24.2 Å². The van der Waals surface area contributed by atoms with Gasteiger partial charge in [-0.05, 0) is 30.2 Å². The first-order valence-electron chi connectivity index (χ1n) is 6.34. The number of ether oxygens (including phenoxy) is 2. The predicted molar refractivity (Wildman–Crippen MR) is 76.0 cm³/mol. The van der Waals surface area contributed by atoms with Gasteiger partial charge in [-0.3, -0.25) is 0 Å². The number of nitrogens with zero attached hydrogens (tertiary/aromatic N) is 1. The molecule has 1 aromatic rings. The molecule has 0 heterocycles. The SMILES string of the molecule is COCCOCCCNc1ccc(N)c(CC#N)c1. The molecule has 0 spiro atoms. The number of nitrogens with two attached hydrogens (primary N) is 1. The second-order valence-corrected chi connectivity index (χ2v) is 4.13. The average Bonchev–Trinajstić information content (AvgIpc) is 2.41. The van der Waals surface area contributed by atoms with Crippen LogP contribution in [0.1, 0.15) is 12.0 Å². The van der Waals surface area contributed by atoms with Crippen molar-refractivity contribution in [1.82, 2.24) is 0 Å². The number of anilines is 2. The lowest BCUT2D eigenvalue weighted by molar-refractivity contribution is 0.0705. The fraction of sp³-hybridized carbons (Fsp3) is 0.500. The third-order valence-electron chi connectivity index (χ3n) is 2.64. The van der Waals surface area contributed by atoms with Crippen molar-refractivity contribution in [2.24, 2.45) is 0 Å². The van der Waals surface area contributed by atoms with Gasteiger partial charge < -0.3 is 20.5 Å². The second-order valence-electron chi connectivity index (χ2n) is 4.13. The standard InChI is InChI=1S/C14H21N3O2/c1-18-9-10-19-8-2-7-17-13-3-4-14(16)12(11-13)5-6-15/h3-4,11,17H,2,5,7-10,16H2,1H3. The van der Waals surface area contributed by atoms with Crippen molar-refractivity contribution in [1.29, 1.82) is 5.26 Å². The molecular formula is C14H21N3O2. The Balaban J connectivity index is 2.26. The van der Waals surface area contributed by atoms with Gasteiger partial charge in [-0.25, -0.2) is 0 Å². The summed E-state index contributed by atoms with van der Waals surface area (Å²) in [6.45, 7) is 2.78. The molecule has 0 aromatic heterocycles. The molecule has 3 N–H and O–H groups in total. The van der Waals surface area contributed by atoms with Crippen molar-refractivity contribution in [3.63, 3.8) is 0 Å². The van der Waals surface area contributed by atoms with Gasteiger partial charge in [0.2, 0.25) is 0 Å². The molecule has 1 aromatic carbocycles. The summed E-state index contributed by atoms with van der Waals surface area (Å²) in [5.74, 6) is 0. The smallest absolute Gasteiger partial charge is 0.0700 e. The monoisotopic (exact) mass is 263 g/mol. The normalized spacial score (nSPS) is 10.1. The van der Waals surface area contributed by atoms with E-state index in [2.05, 4.69) is 11.4 Å². The van der Waals surface area contributed by atoms with Gasteiger partial charge in [-0.1, -0.05) is 0 Å². The minimum atomic E-state index is 0.335. The van der Waals surface area contributed by atoms with Crippen LogP contribution in [0.25, 0.3) is 0 Å². The summed E-state index contributed by atoms with van der Waals surface area (Å²) in [5, 5.41) is 12.0. The zero-order valence-corrected chi connectivity index (χ0v) is 11.3. The van der Waals surface area contributed by atoms with Crippen molar-refractivity contribution in [2.45, 2.75) is 12.8 Å². The summed E-state index contributed by atoms with van der Waals surface area (Å²) in [7, 11) is 1.66. The highest BCUT2D eigenvalue weighted by Gasteiger charge is 2.00. The first kappa shape index (κ1) is 15.3. The number of benzene rings is 1. The Hall–Kier alpha value is -1.77. The van der Waals surface area contributed by atoms with Crippen LogP contribution in [0.3, 0.4) is 0 Å². The largest absolute Gasteiger partial charge is 0.398 e. The van der Waals surface area contributed by atoms with Gasteiger partial charge in [0.1, 0.15) is 0 Å². The lowest BCUT2D eigenvalue weighted by Crippen LogP contribution is -2.08. The third-order valence-corrected chi connectivity index (χ3v) is 2.64. The van der Waals surface area contributed by atoms with E-state index in [1.165, 1.54) is 0 Å². The molecule has 5 nitrogen and oxygen atoms in total. The number of methoxy groups -OCH3 is 1. The number of hydrogen-bond acceptors (Lipinski definition) is 5. The van der Waals surface area contributed by atoms with E-state index in [9.17, 15) is 0 Å². The molecule has 0 fully saturated rings. The summed E-state index contributed by atoms with van der Waals surface area (Å²) >= 11 is 0.